The van der Waals surface area contributed by atoms with Gasteiger partial charge in [-0.15, -0.1) is 0 Å². The van der Waals surface area contributed by atoms with Crippen molar-refractivity contribution in [3.8, 4) is 0 Å². The molecule has 1 aromatic rings. The number of imidazole rings is 1. The van der Waals surface area contributed by atoms with E-state index in [0.29, 0.717) is 0 Å². The zero-order valence-corrected chi connectivity index (χ0v) is 19.8. The summed E-state index contributed by atoms with van der Waals surface area (Å²) in [5, 5.41) is 10.7. The first kappa shape index (κ1) is 25.2. The van der Waals surface area contributed by atoms with E-state index in [9.17, 15) is 19.3 Å². The van der Waals surface area contributed by atoms with Crippen LogP contribution in [-0.2, 0) is 23.1 Å². The van der Waals surface area contributed by atoms with Gasteiger partial charge in [-0.2, -0.15) is 0 Å². The molecular formula is C18H26FN4O7PS. The van der Waals surface area contributed by atoms with Crippen molar-refractivity contribution in [3.63, 3.8) is 0 Å². The summed E-state index contributed by atoms with van der Waals surface area (Å²) >= 11 is 1.02. The minimum absolute atomic E-state index is 0.0107. The van der Waals surface area contributed by atoms with Gasteiger partial charge in [0.05, 0.1) is 19.5 Å². The molecule has 0 bridgehead atoms. The summed E-state index contributed by atoms with van der Waals surface area (Å²) in [6, 6.07) is 0. The number of ether oxygens (including phenoxy) is 1. The number of halogens is 1. The summed E-state index contributed by atoms with van der Waals surface area (Å²) in [6.07, 6.45) is -1.68. The van der Waals surface area contributed by atoms with Crippen LogP contribution in [0.2, 0.25) is 0 Å². The van der Waals surface area contributed by atoms with Crippen molar-refractivity contribution in [2.24, 2.45) is 4.99 Å². The number of rotatable bonds is 9. The summed E-state index contributed by atoms with van der Waals surface area (Å²) in [7, 11) is -0.806. The lowest BCUT2D eigenvalue weighted by Crippen LogP contribution is -2.44. The number of carbonyl (C=O) groups is 2. The molecule has 1 saturated heterocycles. The van der Waals surface area contributed by atoms with Crippen LogP contribution in [0.25, 0.3) is 0 Å². The van der Waals surface area contributed by atoms with Crippen molar-refractivity contribution in [1.82, 2.24) is 14.2 Å². The van der Waals surface area contributed by atoms with E-state index in [0.717, 1.165) is 11.8 Å². The fraction of sp³-hybridized carbons (Fsp3) is 0.667. The Morgan fingerprint density at radius 2 is 2.22 bits per heavy atom. The maximum atomic E-state index is 15.2. The summed E-state index contributed by atoms with van der Waals surface area (Å²) in [5.74, 6) is 0.186. The summed E-state index contributed by atoms with van der Waals surface area (Å²) < 4.78 is 47.3. The third-order valence-corrected chi connectivity index (χ3v) is 7.82. The van der Waals surface area contributed by atoms with Crippen LogP contribution in [0.3, 0.4) is 0 Å². The molecule has 11 nitrogen and oxygen atoms in total. The average Bonchev–Trinajstić information content (AvgIpc) is 3.24. The molecule has 1 N–H and O–H groups in total. The van der Waals surface area contributed by atoms with Crippen molar-refractivity contribution < 1.29 is 37.4 Å². The van der Waals surface area contributed by atoms with Crippen molar-refractivity contribution in [1.29, 1.82) is 0 Å². The third kappa shape index (κ3) is 5.04. The topological polar surface area (TPSA) is 133 Å². The molecule has 3 rings (SSSR count). The van der Waals surface area contributed by atoms with E-state index in [2.05, 4.69) is 9.98 Å². The SMILES string of the molecule is CC(=O)SCCOP(=O)(OC[C@H]1O[C@H](n2cnc3c2N=CCC3=O)C(F)[C@@]1(C)O)N(C)C. The Balaban J connectivity index is 1.71. The molecular weight excluding hydrogens is 466 g/mol. The fourth-order valence-corrected chi connectivity index (χ4v) is 4.96. The van der Waals surface area contributed by atoms with E-state index in [4.69, 9.17) is 13.8 Å². The molecule has 3 heterocycles. The molecule has 1 fully saturated rings. The lowest BCUT2D eigenvalue weighted by atomic mass is 9.96. The predicted octanol–water partition coefficient (Wildman–Crippen LogP) is 2.14. The first-order chi connectivity index (χ1) is 15.0. The van der Waals surface area contributed by atoms with E-state index in [-0.39, 0.29) is 41.2 Å². The smallest absolute Gasteiger partial charge is 0.384 e. The van der Waals surface area contributed by atoms with E-state index in [1.807, 2.05) is 0 Å². The number of aliphatic imine (C=N–C) groups is 1. The molecule has 178 valence electrons. The number of aliphatic hydroxyl groups is 1. The number of nitrogens with zero attached hydrogens (tertiary/aromatic N) is 4. The number of carbonyl (C=O) groups excluding carboxylic acids is 2. The molecule has 5 atom stereocenters. The zero-order valence-electron chi connectivity index (χ0n) is 18.1. The Bertz CT molecular complexity index is 954. The molecule has 0 spiro atoms. The first-order valence-corrected chi connectivity index (χ1v) is 12.3. The lowest BCUT2D eigenvalue weighted by Gasteiger charge is -2.28. The second kappa shape index (κ2) is 9.80. The van der Waals surface area contributed by atoms with Gasteiger partial charge in [0, 0.05) is 25.3 Å². The van der Waals surface area contributed by atoms with Gasteiger partial charge in [0.15, 0.2) is 34.8 Å². The van der Waals surface area contributed by atoms with Gasteiger partial charge in [0.2, 0.25) is 0 Å². The van der Waals surface area contributed by atoms with Crippen LogP contribution in [0.4, 0.5) is 10.2 Å². The van der Waals surface area contributed by atoms with Crippen LogP contribution in [0.5, 0.6) is 0 Å². The number of hydrogen-bond donors (Lipinski definition) is 1. The van der Waals surface area contributed by atoms with Gasteiger partial charge < -0.3 is 9.84 Å². The van der Waals surface area contributed by atoms with Crippen molar-refractivity contribution in [2.75, 3.05) is 33.1 Å². The largest absolute Gasteiger partial charge is 0.407 e. The monoisotopic (exact) mass is 492 g/mol. The molecule has 32 heavy (non-hydrogen) atoms. The standard InChI is InChI=1S/C18H26FN4O7PS/c1-11(24)32-8-7-28-31(27,22(3)4)29-9-13-18(2,26)15(19)17(30-13)23-10-21-14-12(25)5-6-20-16(14)23/h6,10,13,15,17,26H,5,7-9H2,1-4H3/t13-,15?,17+,18+,31?/m1/s1. The van der Waals surface area contributed by atoms with Crippen LogP contribution in [0.15, 0.2) is 11.3 Å². The Kier molecular flexibility index (Phi) is 7.70. The number of fused-ring (bicyclic) bond motifs is 1. The van der Waals surface area contributed by atoms with Gasteiger partial charge in [-0.25, -0.2) is 23.6 Å². The number of aromatic nitrogens is 2. The normalized spacial score (nSPS) is 29.3. The Morgan fingerprint density at radius 1 is 1.50 bits per heavy atom. The van der Waals surface area contributed by atoms with Crippen molar-refractivity contribution >= 4 is 42.4 Å². The highest BCUT2D eigenvalue weighted by Crippen LogP contribution is 2.51. The molecule has 0 amide bonds. The molecule has 2 aliphatic rings. The molecule has 2 unspecified atom stereocenters. The summed E-state index contributed by atoms with van der Waals surface area (Å²) in [6.45, 7) is 2.21. The van der Waals surface area contributed by atoms with Crippen molar-refractivity contribution in [2.45, 2.75) is 44.4 Å². The Hall–Kier alpha value is -1.47. The molecule has 0 aliphatic carbocycles. The lowest BCUT2D eigenvalue weighted by molar-refractivity contribution is -0.109. The maximum Gasteiger partial charge on any atom is 0.407 e. The molecule has 0 radical (unpaired) electrons. The number of Topliss-reactive ketones (excluding diaryl/α,β-unsaturated/α-hetero) is 1. The van der Waals surface area contributed by atoms with Gasteiger partial charge in [-0.3, -0.25) is 23.2 Å². The number of alkyl halides is 1. The van der Waals surface area contributed by atoms with Crippen LogP contribution in [-0.4, -0.2) is 87.4 Å². The van der Waals surface area contributed by atoms with Gasteiger partial charge >= 0.3 is 7.75 Å². The van der Waals surface area contributed by atoms with Crippen LogP contribution >= 0.6 is 19.5 Å². The molecule has 2 aliphatic heterocycles. The minimum Gasteiger partial charge on any atom is -0.384 e. The average molecular weight is 492 g/mol. The van der Waals surface area contributed by atoms with E-state index < -0.39 is 38.5 Å². The van der Waals surface area contributed by atoms with Gasteiger partial charge in [0.1, 0.15) is 11.7 Å². The summed E-state index contributed by atoms with van der Waals surface area (Å²) in [5.41, 5.74) is -1.89. The number of ketones is 1. The summed E-state index contributed by atoms with van der Waals surface area (Å²) in [4.78, 5) is 31.1. The fourth-order valence-electron chi connectivity index (χ4n) is 3.20. The van der Waals surface area contributed by atoms with Gasteiger partial charge in [-0.1, -0.05) is 11.8 Å². The third-order valence-electron chi connectivity index (χ3n) is 5.08. The van der Waals surface area contributed by atoms with E-state index in [1.54, 1.807) is 0 Å². The van der Waals surface area contributed by atoms with Gasteiger partial charge in [0.25, 0.3) is 0 Å². The highest BCUT2D eigenvalue weighted by Gasteiger charge is 2.55. The van der Waals surface area contributed by atoms with Crippen LogP contribution in [0.1, 0.15) is 37.0 Å². The second-order valence-electron chi connectivity index (χ2n) is 7.69. The second-order valence-corrected chi connectivity index (χ2v) is 11.2. The minimum atomic E-state index is -3.78. The quantitative estimate of drug-likeness (QED) is 0.404. The highest BCUT2D eigenvalue weighted by atomic mass is 32.2. The predicted molar refractivity (Wildman–Crippen MR) is 115 cm³/mol. The molecule has 1 aromatic heterocycles. The van der Waals surface area contributed by atoms with Gasteiger partial charge in [-0.05, 0) is 21.0 Å². The van der Waals surface area contributed by atoms with Crippen LogP contribution in [0, 0.1) is 0 Å². The first-order valence-electron chi connectivity index (χ1n) is 9.82. The highest BCUT2D eigenvalue weighted by molar-refractivity contribution is 8.13. The van der Waals surface area contributed by atoms with E-state index in [1.165, 1.54) is 49.7 Å². The van der Waals surface area contributed by atoms with Crippen molar-refractivity contribution in [3.05, 3.63) is 12.0 Å². The molecule has 0 aromatic carbocycles. The zero-order chi connectivity index (χ0) is 23.7. The Labute approximate surface area is 188 Å². The van der Waals surface area contributed by atoms with Crippen LogP contribution < -0.4 is 0 Å². The number of thioether (sulfide) groups is 1. The molecule has 14 heteroatoms. The number of hydrogen-bond acceptors (Lipinski definition) is 10. The molecule has 0 saturated carbocycles. The Morgan fingerprint density at radius 3 is 2.88 bits per heavy atom. The van der Waals surface area contributed by atoms with E-state index >= 15 is 4.39 Å². The maximum absolute atomic E-state index is 15.2.